The molecule has 1 unspecified atom stereocenters. The van der Waals surface area contributed by atoms with E-state index in [1.165, 1.54) is 11.1 Å². The molecule has 31 heavy (non-hydrogen) atoms. The van der Waals surface area contributed by atoms with Gasteiger partial charge in [-0.05, 0) is 41.7 Å². The van der Waals surface area contributed by atoms with Crippen LogP contribution in [0, 0.1) is 0 Å². The normalized spacial score (nSPS) is 24.8. The van der Waals surface area contributed by atoms with Crippen LogP contribution in [0.1, 0.15) is 47.3 Å². The monoisotopic (exact) mass is 426 g/mol. The Labute approximate surface area is 183 Å². The van der Waals surface area contributed by atoms with Gasteiger partial charge in [0.1, 0.15) is 24.9 Å². The van der Waals surface area contributed by atoms with E-state index in [0.717, 1.165) is 24.8 Å². The van der Waals surface area contributed by atoms with Gasteiger partial charge in [0.05, 0.1) is 18.8 Å². The second-order valence-corrected chi connectivity index (χ2v) is 8.05. The summed E-state index contributed by atoms with van der Waals surface area (Å²) in [6, 6.07) is 15.8. The summed E-state index contributed by atoms with van der Waals surface area (Å²) in [7, 11) is 0. The highest BCUT2D eigenvalue weighted by atomic mass is 17.2. The molecule has 0 bridgehead atoms. The van der Waals surface area contributed by atoms with Crippen molar-refractivity contribution in [1.82, 2.24) is 0 Å². The van der Waals surface area contributed by atoms with E-state index in [2.05, 4.69) is 38.1 Å². The SMILES string of the molecule is CCCc1ccc(COO[C@H]2CO[C@@H]3C(OC(=O)c4ccc(CC)cc4)CO[C@H]23)cc1. The number of benzene rings is 2. The standard InChI is InChI=1S/C25H30O6/c1-3-5-18-6-8-19(9-7-18)14-29-31-22-16-28-23-21(15-27-24(22)23)30-25(26)20-12-10-17(4-2)11-13-20/h6-13,21-24H,3-5,14-16H2,1-2H3/t21?,22-,23+,24+/m0/s1. The molecule has 2 fully saturated rings. The molecule has 2 heterocycles. The molecule has 4 rings (SSSR count). The highest BCUT2D eigenvalue weighted by Gasteiger charge is 2.50. The molecule has 2 aliphatic rings. The van der Waals surface area contributed by atoms with Crippen molar-refractivity contribution in [3.63, 3.8) is 0 Å². The van der Waals surface area contributed by atoms with Gasteiger partial charge in [-0.3, -0.25) is 0 Å². The minimum absolute atomic E-state index is 0.285. The number of carbonyl (C=O) groups excluding carboxylic acids is 1. The summed E-state index contributed by atoms with van der Waals surface area (Å²) in [4.78, 5) is 23.5. The second-order valence-electron chi connectivity index (χ2n) is 8.05. The van der Waals surface area contributed by atoms with E-state index in [1.54, 1.807) is 12.1 Å². The summed E-state index contributed by atoms with van der Waals surface area (Å²) in [5, 5.41) is 0. The van der Waals surface area contributed by atoms with Crippen LogP contribution < -0.4 is 0 Å². The first kappa shape index (κ1) is 22.0. The van der Waals surface area contributed by atoms with Gasteiger partial charge in [-0.25, -0.2) is 14.6 Å². The summed E-state index contributed by atoms with van der Waals surface area (Å²) < 4.78 is 17.3. The molecule has 0 aliphatic carbocycles. The van der Waals surface area contributed by atoms with Crippen LogP contribution in [0.3, 0.4) is 0 Å². The lowest BCUT2D eigenvalue weighted by atomic mass is 10.1. The van der Waals surface area contributed by atoms with Crippen molar-refractivity contribution in [2.45, 2.75) is 64.1 Å². The predicted molar refractivity (Wildman–Crippen MR) is 115 cm³/mol. The van der Waals surface area contributed by atoms with Crippen molar-refractivity contribution in [1.29, 1.82) is 0 Å². The zero-order valence-electron chi connectivity index (χ0n) is 18.1. The number of esters is 1. The van der Waals surface area contributed by atoms with E-state index in [9.17, 15) is 4.79 Å². The third kappa shape index (κ3) is 5.33. The Hall–Kier alpha value is -2.25. The van der Waals surface area contributed by atoms with Gasteiger partial charge in [0.25, 0.3) is 0 Å². The van der Waals surface area contributed by atoms with Gasteiger partial charge < -0.3 is 14.2 Å². The van der Waals surface area contributed by atoms with Crippen LogP contribution in [0.5, 0.6) is 0 Å². The third-order valence-electron chi connectivity index (χ3n) is 5.80. The Morgan fingerprint density at radius 2 is 1.48 bits per heavy atom. The Morgan fingerprint density at radius 1 is 0.871 bits per heavy atom. The average molecular weight is 427 g/mol. The van der Waals surface area contributed by atoms with E-state index in [4.69, 9.17) is 24.0 Å². The Bertz CT molecular complexity index is 847. The van der Waals surface area contributed by atoms with Crippen molar-refractivity contribution in [3.05, 3.63) is 70.8 Å². The number of carbonyl (C=O) groups is 1. The van der Waals surface area contributed by atoms with E-state index < -0.39 is 6.10 Å². The fourth-order valence-electron chi connectivity index (χ4n) is 3.97. The van der Waals surface area contributed by atoms with E-state index in [-0.39, 0.29) is 30.9 Å². The van der Waals surface area contributed by atoms with Crippen LogP contribution in [0.4, 0.5) is 0 Å². The lowest BCUT2D eigenvalue weighted by molar-refractivity contribution is -0.341. The van der Waals surface area contributed by atoms with Crippen molar-refractivity contribution < 1.29 is 28.8 Å². The summed E-state index contributed by atoms with van der Waals surface area (Å²) in [6.07, 6.45) is 1.67. The maximum Gasteiger partial charge on any atom is 0.338 e. The number of rotatable bonds is 9. The van der Waals surface area contributed by atoms with Crippen LogP contribution in [0.25, 0.3) is 0 Å². The molecule has 2 aliphatic heterocycles. The molecule has 0 spiro atoms. The zero-order chi connectivity index (χ0) is 21.6. The van der Waals surface area contributed by atoms with E-state index in [1.807, 2.05) is 12.1 Å². The average Bonchev–Trinajstić information content (AvgIpc) is 3.38. The molecule has 2 aromatic carbocycles. The largest absolute Gasteiger partial charge is 0.453 e. The maximum atomic E-state index is 12.5. The van der Waals surface area contributed by atoms with Crippen LogP contribution in [-0.2, 0) is 43.4 Å². The third-order valence-corrected chi connectivity index (χ3v) is 5.80. The van der Waals surface area contributed by atoms with Crippen molar-refractivity contribution in [3.8, 4) is 0 Å². The molecule has 0 amide bonds. The summed E-state index contributed by atoms with van der Waals surface area (Å²) in [5.41, 5.74) is 4.07. The number of hydrogen-bond acceptors (Lipinski definition) is 6. The van der Waals surface area contributed by atoms with Gasteiger partial charge in [-0.1, -0.05) is 56.7 Å². The van der Waals surface area contributed by atoms with Crippen LogP contribution in [0.15, 0.2) is 48.5 Å². The molecule has 0 N–H and O–H groups in total. The predicted octanol–water partition coefficient (Wildman–Crippen LogP) is 4.04. The summed E-state index contributed by atoms with van der Waals surface area (Å²) in [6.45, 7) is 5.22. The molecule has 166 valence electrons. The van der Waals surface area contributed by atoms with Crippen molar-refractivity contribution in [2.75, 3.05) is 13.2 Å². The lowest BCUT2D eigenvalue weighted by Crippen LogP contribution is -2.35. The van der Waals surface area contributed by atoms with Crippen LogP contribution in [0.2, 0.25) is 0 Å². The smallest absolute Gasteiger partial charge is 0.338 e. The second kappa shape index (κ2) is 10.4. The fourth-order valence-corrected chi connectivity index (χ4v) is 3.97. The lowest BCUT2D eigenvalue weighted by Gasteiger charge is -2.17. The van der Waals surface area contributed by atoms with Gasteiger partial charge in [0.15, 0.2) is 6.10 Å². The molecule has 2 saturated heterocycles. The quantitative estimate of drug-likeness (QED) is 0.343. The van der Waals surface area contributed by atoms with Crippen LogP contribution in [-0.4, -0.2) is 43.6 Å². The molecule has 2 aromatic rings. The molecule has 6 nitrogen and oxygen atoms in total. The summed E-state index contributed by atoms with van der Waals surface area (Å²) >= 11 is 0. The Morgan fingerprint density at radius 3 is 2.16 bits per heavy atom. The first-order chi connectivity index (χ1) is 15.2. The zero-order valence-corrected chi connectivity index (χ0v) is 18.1. The molecular formula is C25H30O6. The first-order valence-corrected chi connectivity index (χ1v) is 11.1. The molecule has 4 atom stereocenters. The molecular weight excluding hydrogens is 396 g/mol. The number of hydrogen-bond donors (Lipinski definition) is 0. The van der Waals surface area contributed by atoms with E-state index in [0.29, 0.717) is 18.8 Å². The van der Waals surface area contributed by atoms with Gasteiger partial charge in [-0.15, -0.1) is 0 Å². The van der Waals surface area contributed by atoms with E-state index >= 15 is 0 Å². The van der Waals surface area contributed by atoms with Gasteiger partial charge >= 0.3 is 5.97 Å². The topological polar surface area (TPSA) is 63.2 Å². The summed E-state index contributed by atoms with van der Waals surface area (Å²) in [5.74, 6) is -0.368. The van der Waals surface area contributed by atoms with Gasteiger partial charge in [0.2, 0.25) is 0 Å². The number of ether oxygens (including phenoxy) is 3. The molecule has 0 radical (unpaired) electrons. The van der Waals surface area contributed by atoms with Gasteiger partial charge in [0, 0.05) is 0 Å². The number of aryl methyl sites for hydroxylation is 2. The molecule has 0 saturated carbocycles. The fraction of sp³-hybridized carbons (Fsp3) is 0.480. The maximum absolute atomic E-state index is 12.5. The Kier molecular flexibility index (Phi) is 7.35. The molecule has 6 heteroatoms. The Balaban J connectivity index is 1.24. The highest BCUT2D eigenvalue weighted by molar-refractivity contribution is 5.89. The first-order valence-electron chi connectivity index (χ1n) is 11.1. The highest BCUT2D eigenvalue weighted by Crippen LogP contribution is 2.31. The van der Waals surface area contributed by atoms with Crippen molar-refractivity contribution >= 4 is 5.97 Å². The molecule has 0 aromatic heterocycles. The number of fused-ring (bicyclic) bond motifs is 1. The van der Waals surface area contributed by atoms with Crippen LogP contribution >= 0.6 is 0 Å². The minimum Gasteiger partial charge on any atom is -0.453 e. The minimum atomic E-state index is -0.455. The van der Waals surface area contributed by atoms with Crippen molar-refractivity contribution in [2.24, 2.45) is 0 Å². The van der Waals surface area contributed by atoms with Gasteiger partial charge in [-0.2, -0.15) is 0 Å².